The molecule has 0 spiro atoms. The zero-order valence-corrected chi connectivity index (χ0v) is 13.6. The second-order valence-electron chi connectivity index (χ2n) is 6.69. The molecule has 0 aliphatic rings. The number of hydrogen-bond acceptors (Lipinski definition) is 2. The van der Waals surface area contributed by atoms with Gasteiger partial charge >= 0.3 is 0 Å². The molecule has 108 valence electrons. The summed E-state index contributed by atoms with van der Waals surface area (Å²) in [7, 11) is 1.97. The third-order valence-electron chi connectivity index (χ3n) is 3.60. The Morgan fingerprint density at radius 1 is 1.16 bits per heavy atom. The van der Waals surface area contributed by atoms with Crippen molar-refractivity contribution in [3.8, 4) is 5.75 Å². The number of benzene rings is 1. The van der Waals surface area contributed by atoms with Crippen LogP contribution in [0.25, 0.3) is 0 Å². The summed E-state index contributed by atoms with van der Waals surface area (Å²) in [6.45, 7) is 14.0. The molecule has 1 unspecified atom stereocenters. The van der Waals surface area contributed by atoms with E-state index in [2.05, 4.69) is 65.1 Å². The highest BCUT2D eigenvalue weighted by atomic mass is 16.5. The number of nitrogens with one attached hydrogen (secondary N) is 1. The summed E-state index contributed by atoms with van der Waals surface area (Å²) in [4.78, 5) is 0. The normalized spacial score (nSPS) is 15.1. The van der Waals surface area contributed by atoms with Crippen LogP contribution in [0.15, 0.2) is 18.2 Å². The van der Waals surface area contributed by atoms with E-state index in [1.165, 1.54) is 11.1 Å². The van der Waals surface area contributed by atoms with Gasteiger partial charge in [0.05, 0.1) is 0 Å². The Labute approximate surface area is 118 Å². The molecular weight excluding hydrogens is 234 g/mol. The highest BCUT2D eigenvalue weighted by Gasteiger charge is 2.27. The number of aryl methyl sites for hydroxylation is 1. The average Bonchev–Trinajstić information content (AvgIpc) is 2.30. The summed E-state index contributed by atoms with van der Waals surface area (Å²) in [5.41, 5.74) is 2.49. The summed E-state index contributed by atoms with van der Waals surface area (Å²) in [5, 5.41) is 3.22. The van der Waals surface area contributed by atoms with E-state index in [0.717, 1.165) is 18.7 Å². The first-order chi connectivity index (χ1) is 8.72. The van der Waals surface area contributed by atoms with Gasteiger partial charge in [0.25, 0.3) is 0 Å². The molecule has 0 bridgehead atoms. The van der Waals surface area contributed by atoms with Crippen molar-refractivity contribution in [1.29, 1.82) is 0 Å². The molecule has 2 nitrogen and oxygen atoms in total. The molecule has 0 heterocycles. The molecule has 0 amide bonds. The molecule has 2 heteroatoms. The summed E-state index contributed by atoms with van der Waals surface area (Å²) in [6.07, 6.45) is 0.977. The molecule has 0 aliphatic heterocycles. The van der Waals surface area contributed by atoms with Gasteiger partial charge in [-0.1, -0.05) is 45.4 Å². The molecular formula is C17H29NO. The molecule has 0 saturated carbocycles. The lowest BCUT2D eigenvalue weighted by Gasteiger charge is -2.33. The molecule has 1 N–H and O–H groups in total. The van der Waals surface area contributed by atoms with Crippen molar-refractivity contribution in [2.45, 2.75) is 59.0 Å². The van der Waals surface area contributed by atoms with Crippen molar-refractivity contribution in [1.82, 2.24) is 5.32 Å². The monoisotopic (exact) mass is 263 g/mol. The number of likely N-dealkylation sites (N-methyl/N-ethyl adjacent to an activating group) is 1. The van der Waals surface area contributed by atoms with Crippen LogP contribution in [-0.4, -0.2) is 19.2 Å². The van der Waals surface area contributed by atoms with Crippen LogP contribution in [0, 0.1) is 6.92 Å². The summed E-state index contributed by atoms with van der Waals surface area (Å²) >= 11 is 0. The van der Waals surface area contributed by atoms with Crippen molar-refractivity contribution in [2.24, 2.45) is 0 Å². The molecule has 0 aliphatic carbocycles. The molecule has 0 aromatic heterocycles. The van der Waals surface area contributed by atoms with Crippen LogP contribution >= 0.6 is 0 Å². The first-order valence-electron chi connectivity index (χ1n) is 7.16. The molecule has 1 rings (SSSR count). The maximum atomic E-state index is 6.34. The zero-order chi connectivity index (χ0) is 14.7. The quantitative estimate of drug-likeness (QED) is 0.865. The van der Waals surface area contributed by atoms with Crippen LogP contribution in [0.1, 0.15) is 52.2 Å². The minimum Gasteiger partial charge on any atom is -0.486 e. The van der Waals surface area contributed by atoms with Crippen molar-refractivity contribution in [3.05, 3.63) is 29.3 Å². The highest BCUT2D eigenvalue weighted by molar-refractivity contribution is 5.41. The van der Waals surface area contributed by atoms with Gasteiger partial charge in [0, 0.05) is 6.54 Å². The topological polar surface area (TPSA) is 21.3 Å². The molecule has 0 fully saturated rings. The van der Waals surface area contributed by atoms with E-state index in [-0.39, 0.29) is 11.0 Å². The highest BCUT2D eigenvalue weighted by Crippen LogP contribution is 2.34. The van der Waals surface area contributed by atoms with Gasteiger partial charge in [0.15, 0.2) is 0 Å². The van der Waals surface area contributed by atoms with Crippen LogP contribution in [-0.2, 0) is 5.41 Å². The second-order valence-corrected chi connectivity index (χ2v) is 6.69. The van der Waals surface area contributed by atoms with E-state index in [0.29, 0.717) is 0 Å². The van der Waals surface area contributed by atoms with Gasteiger partial charge in [-0.3, -0.25) is 0 Å². The van der Waals surface area contributed by atoms with Crippen LogP contribution in [0.3, 0.4) is 0 Å². The van der Waals surface area contributed by atoms with Gasteiger partial charge < -0.3 is 10.1 Å². The summed E-state index contributed by atoms with van der Waals surface area (Å²) in [6, 6.07) is 6.48. The Balaban J connectivity index is 3.13. The van der Waals surface area contributed by atoms with E-state index in [1.807, 2.05) is 7.05 Å². The largest absolute Gasteiger partial charge is 0.486 e. The van der Waals surface area contributed by atoms with Crippen LogP contribution < -0.4 is 10.1 Å². The lowest BCUT2D eigenvalue weighted by molar-refractivity contribution is 0.0834. The Bertz CT molecular complexity index is 420. The summed E-state index contributed by atoms with van der Waals surface area (Å²) < 4.78 is 6.34. The van der Waals surface area contributed by atoms with Crippen LogP contribution in [0.2, 0.25) is 0 Å². The first kappa shape index (κ1) is 16.0. The third-order valence-corrected chi connectivity index (χ3v) is 3.60. The van der Waals surface area contributed by atoms with Crippen LogP contribution in [0.5, 0.6) is 5.75 Å². The Morgan fingerprint density at radius 2 is 1.79 bits per heavy atom. The van der Waals surface area contributed by atoms with Gasteiger partial charge in [-0.25, -0.2) is 0 Å². The maximum absolute atomic E-state index is 6.34. The minimum atomic E-state index is -0.163. The fraction of sp³-hybridized carbons (Fsp3) is 0.647. The van der Waals surface area contributed by atoms with Crippen molar-refractivity contribution in [3.63, 3.8) is 0 Å². The molecule has 0 saturated heterocycles. The van der Waals surface area contributed by atoms with Gasteiger partial charge in [-0.2, -0.15) is 0 Å². The second kappa shape index (κ2) is 5.96. The maximum Gasteiger partial charge on any atom is 0.123 e. The van der Waals surface area contributed by atoms with E-state index in [1.54, 1.807) is 0 Å². The standard InChI is InChI=1S/C17H29NO/c1-8-17(6,12-18-7)19-15-10-9-13(2)11-14(15)16(3,4)5/h9-11,18H,8,12H2,1-7H3. The van der Waals surface area contributed by atoms with Crippen molar-refractivity contribution >= 4 is 0 Å². The Kier molecular flexibility index (Phi) is 5.03. The lowest BCUT2D eigenvalue weighted by atomic mass is 9.85. The van der Waals surface area contributed by atoms with Gasteiger partial charge in [-0.15, -0.1) is 0 Å². The molecule has 1 aromatic rings. The Morgan fingerprint density at radius 3 is 2.26 bits per heavy atom. The van der Waals surface area contributed by atoms with Gasteiger partial charge in [0.1, 0.15) is 11.4 Å². The van der Waals surface area contributed by atoms with E-state index in [9.17, 15) is 0 Å². The van der Waals surface area contributed by atoms with Crippen molar-refractivity contribution in [2.75, 3.05) is 13.6 Å². The number of ether oxygens (including phenoxy) is 1. The number of hydrogen-bond donors (Lipinski definition) is 1. The van der Waals surface area contributed by atoms with E-state index >= 15 is 0 Å². The smallest absolute Gasteiger partial charge is 0.123 e. The molecule has 0 radical (unpaired) electrons. The molecule has 1 atom stereocenters. The van der Waals surface area contributed by atoms with Gasteiger partial charge in [0.2, 0.25) is 0 Å². The average molecular weight is 263 g/mol. The predicted molar refractivity (Wildman–Crippen MR) is 83.1 cm³/mol. The fourth-order valence-electron chi connectivity index (χ4n) is 2.19. The van der Waals surface area contributed by atoms with Gasteiger partial charge in [-0.05, 0) is 44.4 Å². The first-order valence-corrected chi connectivity index (χ1v) is 7.16. The predicted octanol–water partition coefficient (Wildman–Crippen LogP) is 4.06. The third kappa shape index (κ3) is 4.24. The van der Waals surface area contributed by atoms with E-state index < -0.39 is 0 Å². The minimum absolute atomic E-state index is 0.0929. The summed E-state index contributed by atoms with van der Waals surface area (Å²) in [5.74, 6) is 1.01. The lowest BCUT2D eigenvalue weighted by Crippen LogP contribution is -2.41. The van der Waals surface area contributed by atoms with Crippen LogP contribution in [0.4, 0.5) is 0 Å². The van der Waals surface area contributed by atoms with E-state index in [4.69, 9.17) is 4.74 Å². The van der Waals surface area contributed by atoms with Crippen molar-refractivity contribution < 1.29 is 4.74 Å². The SMILES string of the molecule is CCC(C)(CNC)Oc1ccc(C)cc1C(C)(C)C. The Hall–Kier alpha value is -1.02. The molecule has 19 heavy (non-hydrogen) atoms. The zero-order valence-electron chi connectivity index (χ0n) is 13.6. The molecule has 1 aromatic carbocycles. The number of rotatable bonds is 5. The fourth-order valence-corrected chi connectivity index (χ4v) is 2.19.